The third-order valence-corrected chi connectivity index (χ3v) is 9.60. The maximum Gasteiger partial charge on any atom is 0.251 e. The number of nitrogens with zero attached hydrogens (tertiary/aromatic N) is 1. The molecule has 0 spiro atoms. The largest absolute Gasteiger partial charge is 0.457 e. The molecule has 0 bridgehead atoms. The number of rotatable bonds is 10. The summed E-state index contributed by atoms with van der Waals surface area (Å²) in [6.45, 7) is 2.22. The number of nitrogen functional groups attached to an aromatic ring is 1. The Kier molecular flexibility index (Phi) is 9.76. The van der Waals surface area contributed by atoms with Crippen LogP contribution in [0.15, 0.2) is 66.0 Å². The molecule has 1 aliphatic carbocycles. The van der Waals surface area contributed by atoms with Gasteiger partial charge in [0.05, 0.1) is 12.6 Å². The van der Waals surface area contributed by atoms with E-state index in [0.717, 1.165) is 17.7 Å². The molecule has 2 aromatic carbocycles. The van der Waals surface area contributed by atoms with Gasteiger partial charge in [0.25, 0.3) is 5.91 Å². The van der Waals surface area contributed by atoms with E-state index in [1.807, 2.05) is 43.3 Å². The molecule has 2 aliphatic rings. The van der Waals surface area contributed by atoms with Gasteiger partial charge in [-0.15, -0.1) is 11.3 Å². The molecule has 3 atom stereocenters. The number of hydrogen-bond acceptors (Lipinski definition) is 6. The molecule has 1 aromatic heterocycles. The van der Waals surface area contributed by atoms with Crippen LogP contribution in [0.4, 0.5) is 0 Å². The molecule has 9 nitrogen and oxygen atoms in total. The average molecular weight is 602 g/mol. The number of ether oxygens (including phenoxy) is 1. The number of hydrogen-bond donors (Lipinski definition) is 4. The quantitative estimate of drug-likeness (QED) is 0.186. The monoisotopic (exact) mass is 601 g/mol. The van der Waals surface area contributed by atoms with Gasteiger partial charge in [0.2, 0.25) is 11.8 Å². The lowest BCUT2D eigenvalue weighted by Crippen LogP contribution is -2.49. The fraction of sp³-hybridized carbons (Fsp3) is 0.394. The first-order valence-electron chi connectivity index (χ1n) is 14.9. The fourth-order valence-electron chi connectivity index (χ4n) is 6.10. The van der Waals surface area contributed by atoms with Gasteiger partial charge < -0.3 is 26.0 Å². The van der Waals surface area contributed by atoms with E-state index in [9.17, 15) is 14.4 Å². The van der Waals surface area contributed by atoms with Crippen molar-refractivity contribution in [2.75, 3.05) is 13.1 Å². The van der Waals surface area contributed by atoms with Crippen LogP contribution in [-0.4, -0.2) is 47.6 Å². The van der Waals surface area contributed by atoms with Gasteiger partial charge in [-0.2, -0.15) is 0 Å². The Balaban J connectivity index is 1.21. The first-order chi connectivity index (χ1) is 20.8. The summed E-state index contributed by atoms with van der Waals surface area (Å²) in [6.07, 6.45) is 6.48. The minimum absolute atomic E-state index is 0.0116. The number of thiophene rings is 1. The molecular formula is C33H39N5O4S. The molecule has 3 aromatic rings. The van der Waals surface area contributed by atoms with Gasteiger partial charge in [0.1, 0.15) is 23.4 Å². The summed E-state index contributed by atoms with van der Waals surface area (Å²) in [7, 11) is 0. The Morgan fingerprint density at radius 2 is 1.70 bits per heavy atom. The van der Waals surface area contributed by atoms with Crippen LogP contribution in [0.3, 0.4) is 0 Å². The normalized spacial score (nSPS) is 19.4. The number of nitrogens with two attached hydrogens (primary N) is 1. The van der Waals surface area contributed by atoms with E-state index in [-0.39, 0.29) is 42.1 Å². The van der Waals surface area contributed by atoms with Gasteiger partial charge >= 0.3 is 0 Å². The Bertz CT molecular complexity index is 1430. The number of amides is 3. The van der Waals surface area contributed by atoms with Crippen LogP contribution in [-0.2, 0) is 9.59 Å². The molecular weight excluding hydrogens is 562 g/mol. The van der Waals surface area contributed by atoms with E-state index in [2.05, 4.69) is 10.6 Å². The van der Waals surface area contributed by atoms with Gasteiger partial charge in [0.15, 0.2) is 0 Å². The van der Waals surface area contributed by atoms with Crippen molar-refractivity contribution in [2.45, 2.75) is 57.5 Å². The molecule has 10 heteroatoms. The highest BCUT2D eigenvalue weighted by atomic mass is 32.1. The Labute approximate surface area is 256 Å². The zero-order valence-corrected chi connectivity index (χ0v) is 25.2. The maximum atomic E-state index is 13.6. The fourth-order valence-corrected chi connectivity index (χ4v) is 7.02. The average Bonchev–Trinajstić information content (AvgIpc) is 3.70. The van der Waals surface area contributed by atoms with E-state index >= 15 is 0 Å². The number of carbonyl (C=O) groups is 3. The molecule has 1 saturated heterocycles. The molecule has 1 saturated carbocycles. The van der Waals surface area contributed by atoms with Gasteiger partial charge in [0, 0.05) is 27.9 Å². The molecule has 0 radical (unpaired) electrons. The van der Waals surface area contributed by atoms with Crippen LogP contribution in [0, 0.1) is 17.2 Å². The third kappa shape index (κ3) is 7.62. The Morgan fingerprint density at radius 1 is 1.00 bits per heavy atom. The third-order valence-electron chi connectivity index (χ3n) is 8.48. The first kappa shape index (κ1) is 30.3. The van der Waals surface area contributed by atoms with Crippen LogP contribution in [0.2, 0.25) is 0 Å². The standard InChI is InChI=1S/C33H39N5O4S/c1-21(29-17-25(20-43-29)31(34)35)37-33(41)28-16-24(22-8-4-2-5-9-22)19-38(28)30(39)18-36-32(40)23-12-14-27(15-13-23)42-26-10-6-3-7-11-26/h3,6-7,10-15,17,20-22,24,28H,2,4-5,8-9,16,18-19H2,1H3,(H3,34,35)(H,36,40)(H,37,41)/t21?,24-,28-/m0/s1. The summed E-state index contributed by atoms with van der Waals surface area (Å²) >= 11 is 1.44. The van der Waals surface area contributed by atoms with Crippen molar-refractivity contribution in [3.8, 4) is 11.5 Å². The second kappa shape index (κ2) is 13.9. The van der Waals surface area contributed by atoms with E-state index in [4.69, 9.17) is 15.9 Å². The molecule has 3 amide bonds. The van der Waals surface area contributed by atoms with E-state index < -0.39 is 6.04 Å². The minimum atomic E-state index is -0.597. The van der Waals surface area contributed by atoms with Crippen LogP contribution in [0.1, 0.15) is 72.3 Å². The first-order valence-corrected chi connectivity index (χ1v) is 15.8. The molecule has 5 rings (SSSR count). The van der Waals surface area contributed by atoms with E-state index in [1.54, 1.807) is 34.5 Å². The summed E-state index contributed by atoms with van der Waals surface area (Å²) in [4.78, 5) is 42.5. The molecule has 1 unspecified atom stereocenters. The van der Waals surface area contributed by atoms with Crippen molar-refractivity contribution in [1.82, 2.24) is 15.5 Å². The maximum absolute atomic E-state index is 13.6. The zero-order valence-electron chi connectivity index (χ0n) is 24.4. The predicted molar refractivity (Wildman–Crippen MR) is 167 cm³/mol. The van der Waals surface area contributed by atoms with E-state index in [1.165, 1.54) is 30.6 Å². The molecule has 226 valence electrons. The predicted octanol–water partition coefficient (Wildman–Crippen LogP) is 5.23. The zero-order chi connectivity index (χ0) is 30.3. The van der Waals surface area contributed by atoms with Crippen molar-refractivity contribution >= 4 is 34.9 Å². The van der Waals surface area contributed by atoms with Crippen molar-refractivity contribution in [2.24, 2.45) is 17.6 Å². The highest BCUT2D eigenvalue weighted by Gasteiger charge is 2.42. The summed E-state index contributed by atoms with van der Waals surface area (Å²) in [5.41, 5.74) is 6.66. The Morgan fingerprint density at radius 3 is 2.37 bits per heavy atom. The minimum Gasteiger partial charge on any atom is -0.457 e. The summed E-state index contributed by atoms with van der Waals surface area (Å²) in [5, 5.41) is 15.3. The topological polar surface area (TPSA) is 138 Å². The Hall–Kier alpha value is -4.18. The summed E-state index contributed by atoms with van der Waals surface area (Å²) < 4.78 is 5.80. The van der Waals surface area contributed by atoms with Crippen LogP contribution >= 0.6 is 11.3 Å². The van der Waals surface area contributed by atoms with Crippen molar-refractivity contribution in [1.29, 1.82) is 5.41 Å². The number of para-hydroxylation sites is 1. The highest BCUT2D eigenvalue weighted by Crippen LogP contribution is 2.38. The molecule has 1 aliphatic heterocycles. The lowest BCUT2D eigenvalue weighted by molar-refractivity contribution is -0.138. The summed E-state index contributed by atoms with van der Waals surface area (Å²) in [6, 6.07) is 17.1. The van der Waals surface area contributed by atoms with Crippen LogP contribution in [0.25, 0.3) is 0 Å². The summed E-state index contributed by atoms with van der Waals surface area (Å²) in [5.74, 6) is 1.23. The van der Waals surface area contributed by atoms with E-state index in [0.29, 0.717) is 41.5 Å². The molecule has 5 N–H and O–H groups in total. The van der Waals surface area contributed by atoms with Gasteiger partial charge in [-0.25, -0.2) is 0 Å². The number of benzene rings is 2. The molecule has 2 fully saturated rings. The molecule has 43 heavy (non-hydrogen) atoms. The van der Waals surface area contributed by atoms with Crippen molar-refractivity contribution in [3.63, 3.8) is 0 Å². The van der Waals surface area contributed by atoms with Gasteiger partial charge in [-0.1, -0.05) is 50.3 Å². The SMILES string of the molecule is CC(NC(=O)[C@@H]1C[C@H](C2CCCCC2)CN1C(=O)CNC(=O)c1ccc(Oc2ccccc2)cc1)c1cc(C(=N)N)cs1. The van der Waals surface area contributed by atoms with Gasteiger partial charge in [-0.3, -0.25) is 19.8 Å². The smallest absolute Gasteiger partial charge is 0.251 e. The lowest BCUT2D eigenvalue weighted by atomic mass is 9.79. The van der Waals surface area contributed by atoms with Crippen LogP contribution < -0.4 is 21.1 Å². The second-order valence-corrected chi connectivity index (χ2v) is 12.4. The number of nitrogens with one attached hydrogen (secondary N) is 3. The second-order valence-electron chi connectivity index (χ2n) is 11.5. The highest BCUT2D eigenvalue weighted by molar-refractivity contribution is 7.10. The van der Waals surface area contributed by atoms with Crippen molar-refractivity contribution in [3.05, 3.63) is 82.0 Å². The number of amidine groups is 1. The lowest BCUT2D eigenvalue weighted by Gasteiger charge is -2.27. The van der Waals surface area contributed by atoms with Crippen LogP contribution in [0.5, 0.6) is 11.5 Å². The number of carbonyl (C=O) groups excluding carboxylic acids is 3. The van der Waals surface area contributed by atoms with Gasteiger partial charge in [-0.05, 0) is 67.6 Å². The number of likely N-dealkylation sites (tertiary alicyclic amines) is 1. The van der Waals surface area contributed by atoms with Crippen molar-refractivity contribution < 1.29 is 19.1 Å². The molecule has 2 heterocycles.